The summed E-state index contributed by atoms with van der Waals surface area (Å²) < 4.78 is 1.22. The van der Waals surface area contributed by atoms with Gasteiger partial charge >= 0.3 is 0 Å². The van der Waals surface area contributed by atoms with E-state index in [4.69, 9.17) is 5.73 Å². The average molecular weight is 284 g/mol. The maximum Gasteiger partial charge on any atom is 0.0207 e. The number of halogens is 1. The van der Waals surface area contributed by atoms with Gasteiger partial charge in [0.05, 0.1) is 0 Å². The van der Waals surface area contributed by atoms with Crippen LogP contribution in [0.1, 0.15) is 49.7 Å². The van der Waals surface area contributed by atoms with E-state index in [1.165, 1.54) is 34.9 Å². The van der Waals surface area contributed by atoms with Crippen molar-refractivity contribution in [2.24, 2.45) is 5.73 Å². The Hall–Kier alpha value is -0.340. The van der Waals surface area contributed by atoms with E-state index < -0.39 is 0 Å². The minimum absolute atomic E-state index is 0.672. The highest BCUT2D eigenvalue weighted by Gasteiger charge is 2.11. The van der Waals surface area contributed by atoms with Crippen LogP contribution < -0.4 is 5.73 Å². The Balaban J connectivity index is 2.78. The Labute approximate surface area is 108 Å². The van der Waals surface area contributed by atoms with Crippen molar-refractivity contribution in [2.75, 3.05) is 6.54 Å². The number of nitrogens with two attached hydrogens (primary N) is 1. The second kappa shape index (κ2) is 7.08. The first-order valence-corrected chi connectivity index (χ1v) is 6.94. The standard InChI is InChI=1S/C14H22BrN/c1-3-5-12(6-4-9-16)13-8-7-11(2)14(15)10-13/h7-8,10,12H,3-6,9,16H2,1-2H3. The third kappa shape index (κ3) is 3.91. The van der Waals surface area contributed by atoms with Gasteiger partial charge in [-0.15, -0.1) is 0 Å². The first-order chi connectivity index (χ1) is 7.69. The molecule has 0 aliphatic rings. The summed E-state index contributed by atoms with van der Waals surface area (Å²) in [6.45, 7) is 5.18. The normalized spacial score (nSPS) is 12.8. The van der Waals surface area contributed by atoms with Crippen molar-refractivity contribution in [1.82, 2.24) is 0 Å². The SMILES string of the molecule is CCCC(CCCN)c1ccc(C)c(Br)c1. The second-order valence-corrected chi connectivity index (χ2v) is 5.28. The zero-order valence-electron chi connectivity index (χ0n) is 10.3. The van der Waals surface area contributed by atoms with Gasteiger partial charge in [0, 0.05) is 4.47 Å². The van der Waals surface area contributed by atoms with E-state index in [1.807, 2.05) is 0 Å². The van der Waals surface area contributed by atoms with Crippen LogP contribution in [-0.2, 0) is 0 Å². The maximum absolute atomic E-state index is 5.60. The number of hydrogen-bond acceptors (Lipinski definition) is 1. The Morgan fingerprint density at radius 3 is 2.62 bits per heavy atom. The Kier molecular flexibility index (Phi) is 6.07. The van der Waals surface area contributed by atoms with E-state index in [-0.39, 0.29) is 0 Å². The predicted molar refractivity (Wildman–Crippen MR) is 74.8 cm³/mol. The fourth-order valence-corrected chi connectivity index (χ4v) is 2.45. The van der Waals surface area contributed by atoms with Crippen molar-refractivity contribution >= 4 is 15.9 Å². The van der Waals surface area contributed by atoms with Gasteiger partial charge in [-0.3, -0.25) is 0 Å². The highest BCUT2D eigenvalue weighted by atomic mass is 79.9. The van der Waals surface area contributed by atoms with Gasteiger partial charge in [0.1, 0.15) is 0 Å². The summed E-state index contributed by atoms with van der Waals surface area (Å²) in [4.78, 5) is 0. The van der Waals surface area contributed by atoms with Crippen molar-refractivity contribution in [3.05, 3.63) is 33.8 Å². The lowest BCUT2D eigenvalue weighted by Gasteiger charge is -2.17. The molecule has 2 N–H and O–H groups in total. The molecule has 0 spiro atoms. The van der Waals surface area contributed by atoms with Crippen LogP contribution in [0.4, 0.5) is 0 Å². The molecular weight excluding hydrogens is 262 g/mol. The topological polar surface area (TPSA) is 26.0 Å². The molecule has 16 heavy (non-hydrogen) atoms. The summed E-state index contributed by atoms with van der Waals surface area (Å²) in [5.41, 5.74) is 8.35. The predicted octanol–water partition coefficient (Wildman–Crippen LogP) is 4.38. The molecule has 1 nitrogen and oxygen atoms in total. The van der Waals surface area contributed by atoms with E-state index in [0.29, 0.717) is 5.92 Å². The van der Waals surface area contributed by atoms with Crippen molar-refractivity contribution < 1.29 is 0 Å². The molecule has 1 atom stereocenters. The summed E-state index contributed by atoms with van der Waals surface area (Å²) in [7, 11) is 0. The van der Waals surface area contributed by atoms with Gasteiger partial charge in [-0.1, -0.05) is 41.4 Å². The van der Waals surface area contributed by atoms with E-state index in [0.717, 1.165) is 13.0 Å². The summed E-state index contributed by atoms with van der Waals surface area (Å²) in [6, 6.07) is 6.73. The summed E-state index contributed by atoms with van der Waals surface area (Å²) in [5.74, 6) is 0.672. The first-order valence-electron chi connectivity index (χ1n) is 6.15. The van der Waals surface area contributed by atoms with Crippen molar-refractivity contribution in [1.29, 1.82) is 0 Å². The number of hydrogen-bond donors (Lipinski definition) is 1. The molecule has 0 saturated carbocycles. The molecule has 1 aromatic carbocycles. The smallest absolute Gasteiger partial charge is 0.0207 e. The molecule has 1 rings (SSSR count). The van der Waals surface area contributed by atoms with Gasteiger partial charge in [0.25, 0.3) is 0 Å². The molecule has 90 valence electrons. The van der Waals surface area contributed by atoms with Crippen molar-refractivity contribution in [3.8, 4) is 0 Å². The number of benzene rings is 1. The van der Waals surface area contributed by atoms with E-state index in [9.17, 15) is 0 Å². The van der Waals surface area contributed by atoms with Gasteiger partial charge in [0.15, 0.2) is 0 Å². The molecule has 1 unspecified atom stereocenters. The average Bonchev–Trinajstić information content (AvgIpc) is 2.28. The van der Waals surface area contributed by atoms with Gasteiger partial charge in [-0.25, -0.2) is 0 Å². The highest BCUT2D eigenvalue weighted by molar-refractivity contribution is 9.10. The van der Waals surface area contributed by atoms with Crippen LogP contribution in [0.25, 0.3) is 0 Å². The van der Waals surface area contributed by atoms with Gasteiger partial charge in [-0.05, 0) is 55.8 Å². The summed E-state index contributed by atoms with van der Waals surface area (Å²) >= 11 is 3.61. The lowest BCUT2D eigenvalue weighted by molar-refractivity contribution is 0.549. The number of rotatable bonds is 6. The second-order valence-electron chi connectivity index (χ2n) is 4.43. The fraction of sp³-hybridized carbons (Fsp3) is 0.571. The highest BCUT2D eigenvalue weighted by Crippen LogP contribution is 2.29. The van der Waals surface area contributed by atoms with Crippen LogP contribution in [0.5, 0.6) is 0 Å². The molecule has 0 fully saturated rings. The molecule has 0 amide bonds. The molecule has 0 aliphatic heterocycles. The van der Waals surface area contributed by atoms with E-state index in [1.54, 1.807) is 0 Å². The van der Waals surface area contributed by atoms with E-state index in [2.05, 4.69) is 48.0 Å². The third-order valence-corrected chi connectivity index (χ3v) is 3.92. The summed E-state index contributed by atoms with van der Waals surface area (Å²) in [6.07, 6.45) is 4.83. The lowest BCUT2D eigenvalue weighted by Crippen LogP contribution is -2.04. The van der Waals surface area contributed by atoms with Crippen LogP contribution in [0.15, 0.2) is 22.7 Å². The molecule has 0 bridgehead atoms. The first kappa shape index (κ1) is 13.7. The minimum atomic E-state index is 0.672. The van der Waals surface area contributed by atoms with Crippen LogP contribution in [0, 0.1) is 6.92 Å². The minimum Gasteiger partial charge on any atom is -0.330 e. The van der Waals surface area contributed by atoms with Crippen molar-refractivity contribution in [3.63, 3.8) is 0 Å². The maximum atomic E-state index is 5.60. The Bertz CT molecular complexity index is 323. The fourth-order valence-electron chi connectivity index (χ4n) is 2.05. The molecule has 0 heterocycles. The molecule has 0 aliphatic carbocycles. The van der Waals surface area contributed by atoms with Crippen LogP contribution >= 0.6 is 15.9 Å². The van der Waals surface area contributed by atoms with Crippen molar-refractivity contribution in [2.45, 2.75) is 45.4 Å². The van der Waals surface area contributed by atoms with Crippen LogP contribution in [-0.4, -0.2) is 6.54 Å². The molecule has 2 heteroatoms. The van der Waals surface area contributed by atoms with Gasteiger partial charge in [0.2, 0.25) is 0 Å². The Morgan fingerprint density at radius 2 is 2.06 bits per heavy atom. The summed E-state index contributed by atoms with van der Waals surface area (Å²) in [5, 5.41) is 0. The largest absolute Gasteiger partial charge is 0.330 e. The Morgan fingerprint density at radius 1 is 1.31 bits per heavy atom. The molecular formula is C14H22BrN. The molecule has 1 aromatic rings. The zero-order chi connectivity index (χ0) is 12.0. The van der Waals surface area contributed by atoms with E-state index >= 15 is 0 Å². The quantitative estimate of drug-likeness (QED) is 0.824. The van der Waals surface area contributed by atoms with Crippen LogP contribution in [0.3, 0.4) is 0 Å². The van der Waals surface area contributed by atoms with Gasteiger partial charge < -0.3 is 5.73 Å². The third-order valence-electron chi connectivity index (χ3n) is 3.06. The van der Waals surface area contributed by atoms with Crippen LogP contribution in [0.2, 0.25) is 0 Å². The lowest BCUT2D eigenvalue weighted by atomic mass is 9.90. The number of aryl methyl sites for hydroxylation is 1. The molecule has 0 radical (unpaired) electrons. The monoisotopic (exact) mass is 283 g/mol. The van der Waals surface area contributed by atoms with Gasteiger partial charge in [-0.2, -0.15) is 0 Å². The molecule has 0 saturated heterocycles. The molecule has 0 aromatic heterocycles. The zero-order valence-corrected chi connectivity index (χ0v) is 11.9.